The summed E-state index contributed by atoms with van der Waals surface area (Å²) in [5, 5.41) is 1.13. The van der Waals surface area contributed by atoms with E-state index in [9.17, 15) is 17.4 Å². The molecule has 29 heavy (non-hydrogen) atoms. The number of anilines is 1. The second-order valence-corrected chi connectivity index (χ2v) is 7.35. The number of halogens is 3. The lowest BCUT2D eigenvalue weighted by atomic mass is 10.1. The topological polar surface area (TPSA) is 54.9 Å². The lowest BCUT2D eigenvalue weighted by Crippen LogP contribution is -2.07. The number of alkyl halides is 3. The normalized spacial score (nSPS) is 12.7. The van der Waals surface area contributed by atoms with Gasteiger partial charge in [-0.15, -0.1) is 0 Å². The molecule has 0 bridgehead atoms. The molecular weight excluding hydrogens is 399 g/mol. The van der Waals surface area contributed by atoms with E-state index < -0.39 is 22.7 Å². The van der Waals surface area contributed by atoms with Crippen molar-refractivity contribution in [1.29, 1.82) is 0 Å². The maximum absolute atomic E-state index is 13.0. The van der Waals surface area contributed by atoms with Gasteiger partial charge in [0.25, 0.3) is 0 Å². The van der Waals surface area contributed by atoms with Crippen LogP contribution in [0.1, 0.15) is 5.56 Å². The zero-order valence-electron chi connectivity index (χ0n) is 14.9. The van der Waals surface area contributed by atoms with Gasteiger partial charge in [0.15, 0.2) is 11.0 Å². The fourth-order valence-corrected chi connectivity index (χ4v) is 3.68. The van der Waals surface area contributed by atoms with Crippen LogP contribution in [0.2, 0.25) is 0 Å². The summed E-state index contributed by atoms with van der Waals surface area (Å²) in [4.78, 5) is 8.59. The third-order valence-corrected chi connectivity index (χ3v) is 5.26. The number of rotatable bonds is 4. The smallest absolute Gasteiger partial charge is 0.298 e. The van der Waals surface area contributed by atoms with Crippen molar-refractivity contribution < 1.29 is 17.4 Å². The van der Waals surface area contributed by atoms with Crippen LogP contribution in [0.5, 0.6) is 0 Å². The van der Waals surface area contributed by atoms with Gasteiger partial charge < -0.3 is 0 Å². The molecule has 0 radical (unpaired) electrons. The van der Waals surface area contributed by atoms with E-state index in [2.05, 4.69) is 14.7 Å². The highest BCUT2D eigenvalue weighted by Crippen LogP contribution is 2.33. The Morgan fingerprint density at radius 3 is 2.48 bits per heavy atom. The number of benzene rings is 2. The summed E-state index contributed by atoms with van der Waals surface area (Å²) in [5.41, 5.74) is 1.01. The van der Waals surface area contributed by atoms with Crippen LogP contribution in [0.15, 0.2) is 84.0 Å². The maximum atomic E-state index is 13.0. The van der Waals surface area contributed by atoms with Gasteiger partial charge in [0.05, 0.1) is 22.5 Å². The molecule has 2 heterocycles. The summed E-state index contributed by atoms with van der Waals surface area (Å²) < 4.78 is 54.5. The Bertz CT molecular complexity index is 1200. The highest BCUT2D eigenvalue weighted by atomic mass is 32.2. The first-order valence-electron chi connectivity index (χ1n) is 8.59. The summed E-state index contributed by atoms with van der Waals surface area (Å²) in [5.74, 6) is 0. The average Bonchev–Trinajstić information content (AvgIpc) is 2.74. The van der Waals surface area contributed by atoms with Gasteiger partial charge in [-0.2, -0.15) is 13.2 Å². The third kappa shape index (κ3) is 4.12. The minimum Gasteiger partial charge on any atom is -0.298 e. The van der Waals surface area contributed by atoms with Gasteiger partial charge in [-0.05, 0) is 36.4 Å². The molecule has 0 aliphatic heterocycles. The van der Waals surface area contributed by atoms with Crippen LogP contribution in [0.4, 0.5) is 18.9 Å². The van der Waals surface area contributed by atoms with Crippen molar-refractivity contribution in [2.24, 2.45) is 0 Å². The molecule has 0 saturated carbocycles. The van der Waals surface area contributed by atoms with Gasteiger partial charge in [-0.1, -0.05) is 36.4 Å². The Labute approximate surface area is 167 Å². The number of hydrogen-bond acceptors (Lipinski definition) is 3. The van der Waals surface area contributed by atoms with Gasteiger partial charge in [0.2, 0.25) is 0 Å². The molecule has 146 valence electrons. The van der Waals surface area contributed by atoms with Crippen molar-refractivity contribution in [3.05, 3.63) is 84.6 Å². The molecule has 1 unspecified atom stereocenters. The van der Waals surface area contributed by atoms with E-state index in [1.807, 2.05) is 6.07 Å². The first kappa shape index (κ1) is 19.1. The highest BCUT2D eigenvalue weighted by molar-refractivity contribution is 7.86. The first-order valence-corrected chi connectivity index (χ1v) is 9.74. The summed E-state index contributed by atoms with van der Waals surface area (Å²) >= 11 is 0. The third-order valence-electron chi connectivity index (χ3n) is 4.24. The van der Waals surface area contributed by atoms with Crippen molar-refractivity contribution in [1.82, 2.24) is 9.97 Å². The standard InChI is InChI=1S/C21H14F3N3OS/c22-21(23,24)16-7-3-6-15(13-16)17-11-10-14-5-4-8-18(20(14)26-17)27-29(28)19-9-1-2-12-25-19/h1-13,27H. The van der Waals surface area contributed by atoms with Crippen LogP contribution >= 0.6 is 0 Å². The second-order valence-electron chi connectivity index (χ2n) is 6.19. The van der Waals surface area contributed by atoms with Crippen molar-refractivity contribution in [2.75, 3.05) is 4.72 Å². The highest BCUT2D eigenvalue weighted by Gasteiger charge is 2.30. The lowest BCUT2D eigenvalue weighted by molar-refractivity contribution is -0.137. The summed E-state index contributed by atoms with van der Waals surface area (Å²) in [6.07, 6.45) is -2.89. The predicted octanol–water partition coefficient (Wildman–Crippen LogP) is 5.45. The summed E-state index contributed by atoms with van der Waals surface area (Å²) in [7, 11) is -1.61. The number of aromatic nitrogens is 2. The molecule has 0 aliphatic carbocycles. The molecule has 0 amide bonds. The van der Waals surface area contributed by atoms with E-state index in [4.69, 9.17) is 0 Å². The minimum atomic E-state index is -4.43. The molecule has 1 N–H and O–H groups in total. The number of hydrogen-bond donors (Lipinski definition) is 1. The summed E-state index contributed by atoms with van der Waals surface area (Å²) in [6, 6.07) is 18.9. The predicted molar refractivity (Wildman–Crippen MR) is 106 cm³/mol. The molecule has 0 fully saturated rings. The van der Waals surface area contributed by atoms with E-state index in [0.29, 0.717) is 27.5 Å². The Morgan fingerprint density at radius 1 is 0.897 bits per heavy atom. The molecule has 8 heteroatoms. The van der Waals surface area contributed by atoms with Crippen molar-refractivity contribution in [3.8, 4) is 11.3 Å². The molecular formula is C21H14F3N3OS. The number of fused-ring (bicyclic) bond motifs is 1. The Morgan fingerprint density at radius 2 is 1.72 bits per heavy atom. The molecule has 0 aliphatic rings. The minimum absolute atomic E-state index is 0.349. The number of pyridine rings is 2. The second kappa shape index (κ2) is 7.63. The van der Waals surface area contributed by atoms with Gasteiger partial charge in [0, 0.05) is 17.1 Å². The number of para-hydroxylation sites is 1. The van der Waals surface area contributed by atoms with Crippen molar-refractivity contribution in [3.63, 3.8) is 0 Å². The van der Waals surface area contributed by atoms with Crippen LogP contribution < -0.4 is 4.72 Å². The van der Waals surface area contributed by atoms with Crippen LogP contribution in [0.25, 0.3) is 22.2 Å². The maximum Gasteiger partial charge on any atom is 0.416 e. The van der Waals surface area contributed by atoms with Gasteiger partial charge in [-0.3, -0.25) is 4.72 Å². The van der Waals surface area contributed by atoms with Crippen molar-refractivity contribution in [2.45, 2.75) is 11.2 Å². The van der Waals surface area contributed by atoms with Crippen LogP contribution in [-0.2, 0) is 17.2 Å². The quantitative estimate of drug-likeness (QED) is 0.484. The lowest BCUT2D eigenvalue weighted by Gasteiger charge is -2.11. The Kier molecular flexibility index (Phi) is 5.02. The van der Waals surface area contributed by atoms with E-state index in [1.165, 1.54) is 6.07 Å². The zero-order chi connectivity index (χ0) is 20.4. The molecule has 4 nitrogen and oxygen atoms in total. The average molecular weight is 413 g/mol. The number of nitrogens with zero attached hydrogens (tertiary/aromatic N) is 2. The molecule has 1 atom stereocenters. The fraction of sp³-hybridized carbons (Fsp3) is 0.0476. The van der Waals surface area contributed by atoms with Gasteiger partial charge in [-0.25, -0.2) is 14.2 Å². The summed E-state index contributed by atoms with van der Waals surface area (Å²) in [6.45, 7) is 0. The van der Waals surface area contributed by atoms with E-state index >= 15 is 0 Å². The van der Waals surface area contributed by atoms with Crippen molar-refractivity contribution >= 4 is 27.6 Å². The molecule has 2 aromatic heterocycles. The largest absolute Gasteiger partial charge is 0.416 e. The fourth-order valence-electron chi connectivity index (χ4n) is 2.85. The molecule has 4 aromatic rings. The first-order chi connectivity index (χ1) is 13.9. The van der Waals surface area contributed by atoms with E-state index in [1.54, 1.807) is 54.7 Å². The SMILES string of the molecule is O=S(Nc1cccc2ccc(-c3cccc(C(F)(F)F)c3)nc12)c1ccccn1. The zero-order valence-corrected chi connectivity index (χ0v) is 15.7. The monoisotopic (exact) mass is 413 g/mol. The molecule has 4 rings (SSSR count). The van der Waals surface area contributed by atoms with Gasteiger partial charge in [0.1, 0.15) is 5.03 Å². The Balaban J connectivity index is 1.74. The van der Waals surface area contributed by atoms with Crippen LogP contribution in [-0.4, -0.2) is 14.2 Å². The molecule has 0 spiro atoms. The molecule has 0 saturated heterocycles. The van der Waals surface area contributed by atoms with E-state index in [-0.39, 0.29) is 0 Å². The molecule has 2 aromatic carbocycles. The van der Waals surface area contributed by atoms with E-state index in [0.717, 1.165) is 17.5 Å². The van der Waals surface area contributed by atoms with Crippen LogP contribution in [0, 0.1) is 0 Å². The van der Waals surface area contributed by atoms with Crippen LogP contribution in [0.3, 0.4) is 0 Å². The number of nitrogens with one attached hydrogen (secondary N) is 1. The van der Waals surface area contributed by atoms with Gasteiger partial charge >= 0.3 is 6.18 Å². The Hall–Kier alpha value is -3.26.